The van der Waals surface area contributed by atoms with E-state index in [4.69, 9.17) is 33.0 Å². The summed E-state index contributed by atoms with van der Waals surface area (Å²) in [5, 5.41) is 1.16. The van der Waals surface area contributed by atoms with Crippen molar-refractivity contribution in [1.29, 1.82) is 0 Å². The van der Waals surface area contributed by atoms with Crippen molar-refractivity contribution in [3.05, 3.63) is 63.1 Å². The summed E-state index contributed by atoms with van der Waals surface area (Å²) >= 11 is 12.6. The van der Waals surface area contributed by atoms with Crippen molar-refractivity contribution in [2.75, 3.05) is 31.0 Å². The summed E-state index contributed by atoms with van der Waals surface area (Å²) in [4.78, 5) is 19.9. The Hall–Kier alpha value is -1.16. The molecule has 1 unspecified atom stereocenters. The largest absolute Gasteiger partial charge is 0.325 e. The zero-order chi connectivity index (χ0) is 22.8. The van der Waals surface area contributed by atoms with E-state index < -0.39 is 17.8 Å². The molecule has 1 heterocycles. The molecule has 0 bridgehead atoms. The summed E-state index contributed by atoms with van der Waals surface area (Å²) in [6, 6.07) is 10.7. The summed E-state index contributed by atoms with van der Waals surface area (Å²) in [5.41, 5.74) is 3.31. The SMILES string of the molecule is CN1Cc2c(Cl)cc(Cl)cc2C(c2cccc(NS(=O)(=O)NCCCP(=O)(O)O)c2)C1. The lowest BCUT2D eigenvalue weighted by Gasteiger charge is -2.33. The van der Waals surface area contributed by atoms with Gasteiger partial charge in [0, 0.05) is 35.6 Å². The number of benzene rings is 2. The predicted octanol–water partition coefficient (Wildman–Crippen LogP) is 3.38. The maximum atomic E-state index is 12.3. The van der Waals surface area contributed by atoms with E-state index >= 15 is 0 Å². The molecule has 0 fully saturated rings. The number of hydrogen-bond donors (Lipinski definition) is 4. The van der Waals surface area contributed by atoms with Gasteiger partial charge in [-0.05, 0) is 54.4 Å². The van der Waals surface area contributed by atoms with Gasteiger partial charge in [0.05, 0.1) is 11.8 Å². The van der Waals surface area contributed by atoms with E-state index in [2.05, 4.69) is 14.3 Å². The molecule has 4 N–H and O–H groups in total. The number of nitrogens with zero attached hydrogens (tertiary/aromatic N) is 1. The molecule has 170 valence electrons. The second-order valence-corrected chi connectivity index (χ2v) is 11.7. The lowest BCUT2D eigenvalue weighted by atomic mass is 9.84. The third-order valence-corrected chi connectivity index (χ3v) is 7.49. The highest BCUT2D eigenvalue weighted by Gasteiger charge is 2.27. The summed E-state index contributed by atoms with van der Waals surface area (Å²) in [6.07, 6.45) is -0.358. The van der Waals surface area contributed by atoms with Crippen molar-refractivity contribution < 1.29 is 22.8 Å². The van der Waals surface area contributed by atoms with Gasteiger partial charge in [0.2, 0.25) is 0 Å². The molecule has 3 rings (SSSR count). The standard InChI is InChI=1S/C19H24Cl2N3O5PS/c1-24-11-17(16-9-14(20)10-19(21)18(16)12-24)13-4-2-5-15(8-13)23-31(28,29)22-6-3-7-30(25,26)27/h2,4-5,8-10,17,22-23H,3,6-7,11-12H2,1H3,(H2,25,26,27). The lowest BCUT2D eigenvalue weighted by molar-refractivity contribution is 0.295. The predicted molar refractivity (Wildman–Crippen MR) is 123 cm³/mol. The quantitative estimate of drug-likeness (QED) is 0.321. The van der Waals surface area contributed by atoms with Crippen molar-refractivity contribution in [3.8, 4) is 0 Å². The van der Waals surface area contributed by atoms with E-state index in [0.717, 1.165) is 23.2 Å². The van der Waals surface area contributed by atoms with Crippen LogP contribution >= 0.6 is 30.8 Å². The number of rotatable bonds is 8. The molecule has 1 aliphatic heterocycles. The van der Waals surface area contributed by atoms with Crippen LogP contribution in [0.4, 0.5) is 5.69 Å². The van der Waals surface area contributed by atoms with Crippen LogP contribution in [0.25, 0.3) is 0 Å². The van der Waals surface area contributed by atoms with Gasteiger partial charge in [0.15, 0.2) is 0 Å². The molecule has 31 heavy (non-hydrogen) atoms. The summed E-state index contributed by atoms with van der Waals surface area (Å²) in [6.45, 7) is 1.34. The molecule has 0 spiro atoms. The first-order valence-corrected chi connectivity index (χ1v) is 13.6. The lowest BCUT2D eigenvalue weighted by Crippen LogP contribution is -2.32. The fraction of sp³-hybridized carbons (Fsp3) is 0.368. The first kappa shape index (κ1) is 24.5. The third kappa shape index (κ3) is 6.91. The number of anilines is 1. The van der Waals surface area contributed by atoms with Crippen LogP contribution in [0, 0.1) is 0 Å². The highest BCUT2D eigenvalue weighted by atomic mass is 35.5. The van der Waals surface area contributed by atoms with Crippen LogP contribution in [0.2, 0.25) is 10.0 Å². The number of fused-ring (bicyclic) bond motifs is 1. The second kappa shape index (κ2) is 9.77. The van der Waals surface area contributed by atoms with Crippen molar-refractivity contribution in [3.63, 3.8) is 0 Å². The summed E-state index contributed by atoms with van der Waals surface area (Å²) in [7, 11) is -6.05. The normalized spacial score (nSPS) is 17.4. The molecule has 0 aromatic heterocycles. The molecular weight excluding hydrogens is 484 g/mol. The second-order valence-electron chi connectivity index (χ2n) is 7.57. The molecular formula is C19H24Cl2N3O5PS. The number of nitrogens with one attached hydrogen (secondary N) is 2. The molecule has 1 aliphatic rings. The van der Waals surface area contributed by atoms with Crippen LogP contribution in [-0.4, -0.2) is 49.4 Å². The van der Waals surface area contributed by atoms with Crippen LogP contribution < -0.4 is 9.44 Å². The van der Waals surface area contributed by atoms with E-state index in [1.807, 2.05) is 19.2 Å². The minimum Gasteiger partial charge on any atom is -0.324 e. The molecule has 2 aromatic carbocycles. The Bertz CT molecular complexity index is 1110. The van der Waals surface area contributed by atoms with Crippen LogP contribution in [0.3, 0.4) is 0 Å². The zero-order valence-corrected chi connectivity index (χ0v) is 20.0. The highest BCUT2D eigenvalue weighted by molar-refractivity contribution is 7.90. The van der Waals surface area contributed by atoms with E-state index in [1.54, 1.807) is 24.3 Å². The van der Waals surface area contributed by atoms with E-state index in [9.17, 15) is 13.0 Å². The molecule has 8 nitrogen and oxygen atoms in total. The average Bonchev–Trinajstić information content (AvgIpc) is 2.64. The van der Waals surface area contributed by atoms with Crippen molar-refractivity contribution in [2.24, 2.45) is 0 Å². The van der Waals surface area contributed by atoms with Gasteiger partial charge in [-0.25, -0.2) is 0 Å². The Morgan fingerprint density at radius 3 is 2.68 bits per heavy atom. The maximum absolute atomic E-state index is 12.3. The van der Waals surface area contributed by atoms with Crippen LogP contribution in [-0.2, 0) is 21.3 Å². The molecule has 0 saturated carbocycles. The van der Waals surface area contributed by atoms with Crippen molar-refractivity contribution in [1.82, 2.24) is 9.62 Å². The van der Waals surface area contributed by atoms with Gasteiger partial charge in [0.25, 0.3) is 10.2 Å². The number of hydrogen-bond acceptors (Lipinski definition) is 4. The van der Waals surface area contributed by atoms with Gasteiger partial charge in [-0.3, -0.25) is 9.29 Å². The van der Waals surface area contributed by atoms with Gasteiger partial charge in [-0.15, -0.1) is 0 Å². The number of halogens is 2. The topological polar surface area (TPSA) is 119 Å². The Labute approximate surface area is 191 Å². The smallest absolute Gasteiger partial charge is 0.324 e. The fourth-order valence-electron chi connectivity index (χ4n) is 3.63. The molecule has 0 radical (unpaired) electrons. The zero-order valence-electron chi connectivity index (χ0n) is 16.8. The number of likely N-dealkylation sites (N-methyl/N-ethyl adjacent to an activating group) is 1. The van der Waals surface area contributed by atoms with E-state index in [0.29, 0.717) is 22.3 Å². The van der Waals surface area contributed by atoms with Crippen LogP contribution in [0.5, 0.6) is 0 Å². The summed E-state index contributed by atoms with van der Waals surface area (Å²) in [5.74, 6) is -0.0365. The minimum atomic E-state index is -4.15. The Balaban J connectivity index is 1.77. The third-order valence-electron chi connectivity index (χ3n) is 4.95. The van der Waals surface area contributed by atoms with Crippen molar-refractivity contribution in [2.45, 2.75) is 18.9 Å². The molecule has 2 aromatic rings. The average molecular weight is 508 g/mol. The molecule has 0 amide bonds. The van der Waals surface area contributed by atoms with Crippen molar-refractivity contribution >= 4 is 46.7 Å². The Morgan fingerprint density at radius 2 is 1.97 bits per heavy atom. The first-order valence-electron chi connectivity index (χ1n) is 9.52. The molecule has 0 saturated heterocycles. The molecule has 1 atom stereocenters. The van der Waals surface area contributed by atoms with Gasteiger partial charge >= 0.3 is 7.60 Å². The highest BCUT2D eigenvalue weighted by Crippen LogP contribution is 2.39. The minimum absolute atomic E-state index is 0.0257. The monoisotopic (exact) mass is 507 g/mol. The summed E-state index contributed by atoms with van der Waals surface area (Å²) < 4.78 is 40.2. The maximum Gasteiger partial charge on any atom is 0.325 e. The van der Waals surface area contributed by atoms with Gasteiger partial charge in [-0.1, -0.05) is 35.3 Å². The Morgan fingerprint density at radius 1 is 1.23 bits per heavy atom. The Kier molecular flexibility index (Phi) is 7.71. The molecule has 0 aliphatic carbocycles. The van der Waals surface area contributed by atoms with Gasteiger partial charge in [0.1, 0.15) is 0 Å². The molecule has 12 heteroatoms. The van der Waals surface area contributed by atoms with E-state index in [-0.39, 0.29) is 25.0 Å². The van der Waals surface area contributed by atoms with E-state index in [1.165, 1.54) is 0 Å². The van der Waals surface area contributed by atoms with Crippen LogP contribution in [0.1, 0.15) is 29.0 Å². The van der Waals surface area contributed by atoms with Gasteiger partial charge in [-0.2, -0.15) is 13.1 Å². The fourth-order valence-corrected chi connectivity index (χ4v) is 5.69. The van der Waals surface area contributed by atoms with Crippen LogP contribution in [0.15, 0.2) is 36.4 Å². The first-order chi connectivity index (χ1) is 14.4. The van der Waals surface area contributed by atoms with Gasteiger partial charge < -0.3 is 14.7 Å².